The van der Waals surface area contributed by atoms with Crippen molar-refractivity contribution in [1.82, 2.24) is 0 Å². The van der Waals surface area contributed by atoms with Crippen molar-refractivity contribution < 1.29 is 0 Å². The SMILES string of the molecule is CC.CC1CSC(C(C)C)C1. The molecule has 11 heavy (non-hydrogen) atoms. The van der Waals surface area contributed by atoms with Gasteiger partial charge in [-0.3, -0.25) is 0 Å². The Morgan fingerprint density at radius 3 is 2.00 bits per heavy atom. The lowest BCUT2D eigenvalue weighted by atomic mass is 10.0. The summed E-state index contributed by atoms with van der Waals surface area (Å²) < 4.78 is 0. The lowest BCUT2D eigenvalue weighted by Gasteiger charge is -2.11. The van der Waals surface area contributed by atoms with E-state index in [9.17, 15) is 0 Å². The predicted molar refractivity (Wildman–Crippen MR) is 56.2 cm³/mol. The molecule has 0 spiro atoms. The van der Waals surface area contributed by atoms with E-state index in [0.717, 1.165) is 17.1 Å². The van der Waals surface area contributed by atoms with Crippen molar-refractivity contribution in [2.45, 2.75) is 46.3 Å². The highest BCUT2D eigenvalue weighted by atomic mass is 32.2. The fourth-order valence-electron chi connectivity index (χ4n) is 1.29. The number of hydrogen-bond acceptors (Lipinski definition) is 1. The van der Waals surface area contributed by atoms with E-state index in [1.54, 1.807) is 0 Å². The van der Waals surface area contributed by atoms with Gasteiger partial charge in [-0.1, -0.05) is 34.6 Å². The monoisotopic (exact) mass is 174 g/mol. The summed E-state index contributed by atoms with van der Waals surface area (Å²) in [6.07, 6.45) is 1.45. The Hall–Kier alpha value is 0.350. The average Bonchev–Trinajstić information content (AvgIpc) is 2.40. The van der Waals surface area contributed by atoms with Gasteiger partial charge in [0.25, 0.3) is 0 Å². The second-order valence-corrected chi connectivity index (χ2v) is 4.73. The van der Waals surface area contributed by atoms with E-state index in [4.69, 9.17) is 0 Å². The third-order valence-corrected chi connectivity index (χ3v) is 3.90. The second-order valence-electron chi connectivity index (χ2n) is 3.46. The Bertz CT molecular complexity index is 88.9. The zero-order valence-electron chi connectivity index (χ0n) is 8.55. The van der Waals surface area contributed by atoms with Crippen LogP contribution >= 0.6 is 11.8 Å². The van der Waals surface area contributed by atoms with Gasteiger partial charge < -0.3 is 0 Å². The van der Waals surface area contributed by atoms with Gasteiger partial charge in [0, 0.05) is 5.25 Å². The first-order chi connectivity index (χ1) is 5.20. The molecule has 1 aliphatic heterocycles. The van der Waals surface area contributed by atoms with Gasteiger partial charge in [0.1, 0.15) is 0 Å². The van der Waals surface area contributed by atoms with Crippen molar-refractivity contribution in [2.24, 2.45) is 11.8 Å². The van der Waals surface area contributed by atoms with Crippen LogP contribution < -0.4 is 0 Å². The largest absolute Gasteiger partial charge is 0.158 e. The molecule has 0 saturated carbocycles. The third kappa shape index (κ3) is 4.05. The van der Waals surface area contributed by atoms with Crippen molar-refractivity contribution in [2.75, 3.05) is 5.75 Å². The van der Waals surface area contributed by atoms with Crippen LogP contribution in [0.25, 0.3) is 0 Å². The van der Waals surface area contributed by atoms with Crippen LogP contribution in [0.1, 0.15) is 41.0 Å². The summed E-state index contributed by atoms with van der Waals surface area (Å²) >= 11 is 2.16. The van der Waals surface area contributed by atoms with Gasteiger partial charge in [-0.25, -0.2) is 0 Å². The maximum atomic E-state index is 2.36. The Balaban J connectivity index is 0.000000461. The molecule has 0 nitrogen and oxygen atoms in total. The average molecular weight is 174 g/mol. The summed E-state index contributed by atoms with van der Waals surface area (Å²) in [4.78, 5) is 0. The van der Waals surface area contributed by atoms with E-state index in [0.29, 0.717) is 0 Å². The minimum absolute atomic E-state index is 0.889. The molecule has 0 aromatic rings. The van der Waals surface area contributed by atoms with Crippen LogP contribution in [-0.2, 0) is 0 Å². The topological polar surface area (TPSA) is 0 Å². The summed E-state index contributed by atoms with van der Waals surface area (Å²) in [6.45, 7) is 11.0. The Morgan fingerprint density at radius 1 is 1.27 bits per heavy atom. The first-order valence-electron chi connectivity index (χ1n) is 4.81. The maximum absolute atomic E-state index is 2.36. The molecule has 1 saturated heterocycles. The summed E-state index contributed by atoms with van der Waals surface area (Å²) in [5, 5.41) is 0.958. The summed E-state index contributed by atoms with van der Waals surface area (Å²) in [5.41, 5.74) is 0. The molecule has 0 radical (unpaired) electrons. The zero-order valence-corrected chi connectivity index (χ0v) is 9.37. The summed E-state index contributed by atoms with van der Waals surface area (Å²) in [7, 11) is 0. The molecule has 1 aliphatic rings. The Morgan fingerprint density at radius 2 is 1.82 bits per heavy atom. The highest BCUT2D eigenvalue weighted by Crippen LogP contribution is 2.35. The molecule has 0 N–H and O–H groups in total. The van der Waals surface area contributed by atoms with Gasteiger partial charge in [0.2, 0.25) is 0 Å². The van der Waals surface area contributed by atoms with E-state index in [-0.39, 0.29) is 0 Å². The number of thioether (sulfide) groups is 1. The lowest BCUT2D eigenvalue weighted by molar-refractivity contribution is 0.522. The third-order valence-electron chi connectivity index (χ3n) is 1.97. The fourth-order valence-corrected chi connectivity index (χ4v) is 2.85. The molecule has 1 heterocycles. The van der Waals surface area contributed by atoms with E-state index >= 15 is 0 Å². The number of rotatable bonds is 1. The predicted octanol–water partition coefficient (Wildman–Crippen LogP) is 3.81. The summed E-state index contributed by atoms with van der Waals surface area (Å²) in [6, 6.07) is 0. The quantitative estimate of drug-likeness (QED) is 0.582. The van der Waals surface area contributed by atoms with Gasteiger partial charge in [-0.2, -0.15) is 11.8 Å². The minimum Gasteiger partial charge on any atom is -0.158 e. The Kier molecular flexibility index (Phi) is 6.12. The molecule has 0 aliphatic carbocycles. The fraction of sp³-hybridized carbons (Fsp3) is 1.00. The molecule has 0 aromatic carbocycles. The molecule has 2 atom stereocenters. The van der Waals surface area contributed by atoms with E-state index < -0.39 is 0 Å². The van der Waals surface area contributed by atoms with Crippen molar-refractivity contribution in [3.05, 3.63) is 0 Å². The van der Waals surface area contributed by atoms with Gasteiger partial charge >= 0.3 is 0 Å². The van der Waals surface area contributed by atoms with Crippen molar-refractivity contribution in [3.63, 3.8) is 0 Å². The van der Waals surface area contributed by atoms with E-state index in [2.05, 4.69) is 32.5 Å². The van der Waals surface area contributed by atoms with Crippen molar-refractivity contribution in [1.29, 1.82) is 0 Å². The highest BCUT2D eigenvalue weighted by Gasteiger charge is 2.23. The van der Waals surface area contributed by atoms with Crippen LogP contribution in [0.15, 0.2) is 0 Å². The first-order valence-corrected chi connectivity index (χ1v) is 5.86. The normalized spacial score (nSPS) is 30.0. The van der Waals surface area contributed by atoms with Crippen LogP contribution in [0.4, 0.5) is 0 Å². The van der Waals surface area contributed by atoms with Gasteiger partial charge in [0.05, 0.1) is 0 Å². The minimum atomic E-state index is 0.889. The van der Waals surface area contributed by atoms with Gasteiger partial charge in [-0.15, -0.1) is 0 Å². The zero-order chi connectivity index (χ0) is 8.85. The van der Waals surface area contributed by atoms with Crippen LogP contribution in [0.3, 0.4) is 0 Å². The molecule has 1 fully saturated rings. The molecule has 1 heteroatoms. The standard InChI is InChI=1S/C8H16S.C2H6/c1-6(2)8-4-7(3)5-9-8;1-2/h6-8H,4-5H2,1-3H3;1-2H3. The van der Waals surface area contributed by atoms with Crippen LogP contribution in [-0.4, -0.2) is 11.0 Å². The molecule has 1 rings (SSSR count). The van der Waals surface area contributed by atoms with Crippen LogP contribution in [0, 0.1) is 11.8 Å². The molecule has 0 amide bonds. The molecular formula is C10H22S. The Labute approximate surface area is 76.1 Å². The molecular weight excluding hydrogens is 152 g/mol. The molecule has 0 aromatic heterocycles. The van der Waals surface area contributed by atoms with E-state index in [1.807, 2.05) is 13.8 Å². The van der Waals surface area contributed by atoms with Crippen LogP contribution in [0.2, 0.25) is 0 Å². The highest BCUT2D eigenvalue weighted by molar-refractivity contribution is 8.00. The lowest BCUT2D eigenvalue weighted by Crippen LogP contribution is -2.06. The van der Waals surface area contributed by atoms with Crippen molar-refractivity contribution >= 4 is 11.8 Å². The summed E-state index contributed by atoms with van der Waals surface area (Å²) in [5.74, 6) is 3.26. The van der Waals surface area contributed by atoms with Crippen molar-refractivity contribution in [3.8, 4) is 0 Å². The molecule has 2 unspecified atom stereocenters. The maximum Gasteiger partial charge on any atom is 0.00729 e. The van der Waals surface area contributed by atoms with Gasteiger partial charge in [-0.05, 0) is 24.0 Å². The van der Waals surface area contributed by atoms with Crippen LogP contribution in [0.5, 0.6) is 0 Å². The van der Waals surface area contributed by atoms with Gasteiger partial charge in [0.15, 0.2) is 0 Å². The van der Waals surface area contributed by atoms with E-state index in [1.165, 1.54) is 12.2 Å². The smallest absolute Gasteiger partial charge is 0.00729 e. The number of hydrogen-bond donors (Lipinski definition) is 0. The molecule has 0 bridgehead atoms. The first kappa shape index (κ1) is 11.4. The second kappa shape index (κ2) is 5.93. The molecule has 68 valence electrons.